The van der Waals surface area contributed by atoms with E-state index in [2.05, 4.69) is 33.4 Å². The van der Waals surface area contributed by atoms with Gasteiger partial charge in [-0.05, 0) is 44.8 Å². The van der Waals surface area contributed by atoms with Crippen LogP contribution in [0.1, 0.15) is 27.7 Å². The van der Waals surface area contributed by atoms with Crippen LogP contribution in [0.15, 0.2) is 62.2 Å². The standard InChI is InChI=1S/C21H21BrN2O3/c1-13-4-6-14(7-5-13)17(24(2)3)12-23-21(26)20-11-18(25)16-9-8-15(22)10-19(16)27-20/h4-11,17H,12H2,1-3H3,(H,23,26)/t17-/m0/s1. The van der Waals surface area contributed by atoms with Crippen LogP contribution in [-0.2, 0) is 0 Å². The van der Waals surface area contributed by atoms with Crippen molar-refractivity contribution in [2.75, 3.05) is 20.6 Å². The van der Waals surface area contributed by atoms with Crippen molar-refractivity contribution in [2.45, 2.75) is 13.0 Å². The minimum Gasteiger partial charge on any atom is -0.451 e. The summed E-state index contributed by atoms with van der Waals surface area (Å²) >= 11 is 3.35. The molecule has 0 spiro atoms. The number of rotatable bonds is 5. The molecular weight excluding hydrogens is 408 g/mol. The van der Waals surface area contributed by atoms with E-state index in [0.717, 1.165) is 10.0 Å². The molecule has 3 rings (SSSR count). The third-order valence-electron chi connectivity index (χ3n) is 4.46. The van der Waals surface area contributed by atoms with E-state index in [1.54, 1.807) is 18.2 Å². The Kier molecular flexibility index (Phi) is 5.77. The van der Waals surface area contributed by atoms with E-state index in [1.807, 2.05) is 38.1 Å². The molecule has 1 aromatic heterocycles. The highest BCUT2D eigenvalue weighted by Crippen LogP contribution is 2.20. The zero-order chi connectivity index (χ0) is 19.6. The molecule has 0 saturated carbocycles. The van der Waals surface area contributed by atoms with Gasteiger partial charge in [0.15, 0.2) is 11.2 Å². The van der Waals surface area contributed by atoms with Gasteiger partial charge in [-0.3, -0.25) is 9.59 Å². The summed E-state index contributed by atoms with van der Waals surface area (Å²) in [5, 5.41) is 3.32. The Hall–Kier alpha value is -2.44. The lowest BCUT2D eigenvalue weighted by Crippen LogP contribution is -2.34. The number of halogens is 1. The predicted octanol–water partition coefficient (Wildman–Crippen LogP) is 3.90. The van der Waals surface area contributed by atoms with Gasteiger partial charge in [0, 0.05) is 17.1 Å². The fourth-order valence-electron chi connectivity index (χ4n) is 2.90. The Bertz CT molecular complexity index is 1030. The molecule has 0 unspecified atom stereocenters. The minimum atomic E-state index is -0.409. The first-order valence-corrected chi connectivity index (χ1v) is 9.39. The van der Waals surface area contributed by atoms with Crippen LogP contribution in [0.2, 0.25) is 0 Å². The fraction of sp³-hybridized carbons (Fsp3) is 0.238. The number of hydrogen-bond acceptors (Lipinski definition) is 4. The number of benzene rings is 2. The van der Waals surface area contributed by atoms with Crippen LogP contribution in [-0.4, -0.2) is 31.4 Å². The van der Waals surface area contributed by atoms with Crippen molar-refractivity contribution >= 4 is 32.8 Å². The number of nitrogens with zero attached hydrogens (tertiary/aromatic N) is 1. The minimum absolute atomic E-state index is 0.00649. The molecule has 6 heteroatoms. The zero-order valence-corrected chi connectivity index (χ0v) is 17.0. The van der Waals surface area contributed by atoms with E-state index in [4.69, 9.17) is 4.42 Å². The third kappa shape index (κ3) is 4.46. The summed E-state index contributed by atoms with van der Waals surface area (Å²) < 4.78 is 6.42. The maximum Gasteiger partial charge on any atom is 0.287 e. The van der Waals surface area contributed by atoms with Crippen LogP contribution in [0.5, 0.6) is 0 Å². The van der Waals surface area contributed by atoms with Gasteiger partial charge in [-0.15, -0.1) is 0 Å². The van der Waals surface area contributed by atoms with Crippen LogP contribution < -0.4 is 10.7 Å². The Morgan fingerprint density at radius 2 is 1.85 bits per heavy atom. The lowest BCUT2D eigenvalue weighted by molar-refractivity contribution is 0.0914. The van der Waals surface area contributed by atoms with Gasteiger partial charge in [0.1, 0.15) is 5.58 Å². The summed E-state index contributed by atoms with van der Waals surface area (Å²) in [4.78, 5) is 26.9. The van der Waals surface area contributed by atoms with Gasteiger partial charge in [0.2, 0.25) is 0 Å². The van der Waals surface area contributed by atoms with E-state index in [1.165, 1.54) is 11.6 Å². The first-order chi connectivity index (χ1) is 12.8. The predicted molar refractivity (Wildman–Crippen MR) is 110 cm³/mol. The number of amides is 1. The van der Waals surface area contributed by atoms with Crippen molar-refractivity contribution in [3.63, 3.8) is 0 Å². The molecule has 0 saturated heterocycles. The first-order valence-electron chi connectivity index (χ1n) is 8.60. The number of carbonyl (C=O) groups excluding carboxylic acids is 1. The van der Waals surface area contributed by atoms with Gasteiger partial charge >= 0.3 is 0 Å². The highest BCUT2D eigenvalue weighted by atomic mass is 79.9. The smallest absolute Gasteiger partial charge is 0.287 e. The molecule has 0 aliphatic heterocycles. The quantitative estimate of drug-likeness (QED) is 0.669. The molecule has 27 heavy (non-hydrogen) atoms. The van der Waals surface area contributed by atoms with Crippen molar-refractivity contribution in [1.82, 2.24) is 10.2 Å². The van der Waals surface area contributed by atoms with Gasteiger partial charge in [-0.1, -0.05) is 45.8 Å². The molecule has 0 aliphatic carbocycles. The number of hydrogen-bond donors (Lipinski definition) is 1. The Morgan fingerprint density at radius 3 is 2.52 bits per heavy atom. The van der Waals surface area contributed by atoms with E-state index in [0.29, 0.717) is 17.5 Å². The van der Waals surface area contributed by atoms with Gasteiger partial charge < -0.3 is 14.6 Å². The molecule has 1 N–H and O–H groups in total. The second kappa shape index (κ2) is 8.06. The Balaban J connectivity index is 1.81. The van der Waals surface area contributed by atoms with Crippen LogP contribution in [0.3, 0.4) is 0 Å². The second-order valence-electron chi connectivity index (χ2n) is 6.72. The largest absolute Gasteiger partial charge is 0.451 e. The van der Waals surface area contributed by atoms with Crippen molar-refractivity contribution in [2.24, 2.45) is 0 Å². The number of likely N-dealkylation sites (N-methyl/N-ethyl adjacent to an activating group) is 1. The van der Waals surface area contributed by atoms with Gasteiger partial charge in [0.25, 0.3) is 5.91 Å². The molecule has 0 radical (unpaired) electrons. The average Bonchev–Trinajstić information content (AvgIpc) is 2.62. The average molecular weight is 429 g/mol. The van der Waals surface area contributed by atoms with E-state index in [9.17, 15) is 9.59 Å². The Labute approximate surface area is 166 Å². The van der Waals surface area contributed by atoms with Crippen LogP contribution in [0.4, 0.5) is 0 Å². The third-order valence-corrected chi connectivity index (χ3v) is 4.95. The van der Waals surface area contributed by atoms with Gasteiger partial charge in [-0.25, -0.2) is 0 Å². The molecule has 0 fully saturated rings. The molecule has 2 aromatic carbocycles. The van der Waals surface area contributed by atoms with E-state index < -0.39 is 5.91 Å². The Morgan fingerprint density at radius 1 is 1.15 bits per heavy atom. The summed E-state index contributed by atoms with van der Waals surface area (Å²) in [5.41, 5.74) is 2.43. The summed E-state index contributed by atoms with van der Waals surface area (Å²) in [6.07, 6.45) is 0. The molecule has 0 bridgehead atoms. The maximum absolute atomic E-state index is 12.6. The number of nitrogens with one attached hydrogen (secondary N) is 1. The maximum atomic E-state index is 12.6. The lowest BCUT2D eigenvalue weighted by atomic mass is 10.0. The highest BCUT2D eigenvalue weighted by Gasteiger charge is 2.18. The first kappa shape index (κ1) is 19.3. The molecule has 3 aromatic rings. The van der Waals surface area contributed by atoms with Gasteiger partial charge in [0.05, 0.1) is 11.4 Å². The van der Waals surface area contributed by atoms with Crippen molar-refractivity contribution < 1.29 is 9.21 Å². The topological polar surface area (TPSA) is 62.6 Å². The molecule has 0 aliphatic rings. The van der Waals surface area contributed by atoms with Gasteiger partial charge in [-0.2, -0.15) is 0 Å². The van der Waals surface area contributed by atoms with Crippen LogP contribution in [0.25, 0.3) is 11.0 Å². The van der Waals surface area contributed by atoms with Crippen molar-refractivity contribution in [3.8, 4) is 0 Å². The van der Waals surface area contributed by atoms with Crippen LogP contribution >= 0.6 is 15.9 Å². The molecule has 5 nitrogen and oxygen atoms in total. The van der Waals surface area contributed by atoms with Crippen LogP contribution in [0, 0.1) is 6.92 Å². The van der Waals surface area contributed by atoms with Crippen molar-refractivity contribution in [1.29, 1.82) is 0 Å². The zero-order valence-electron chi connectivity index (χ0n) is 15.5. The second-order valence-corrected chi connectivity index (χ2v) is 7.63. The molecule has 1 amide bonds. The summed E-state index contributed by atoms with van der Waals surface area (Å²) in [7, 11) is 3.93. The SMILES string of the molecule is Cc1ccc([C@H](CNC(=O)c2cc(=O)c3ccc(Br)cc3o2)N(C)C)cc1. The summed E-state index contributed by atoms with van der Waals surface area (Å²) in [6, 6.07) is 14.6. The number of fused-ring (bicyclic) bond motifs is 1. The molecular formula is C21H21BrN2O3. The highest BCUT2D eigenvalue weighted by molar-refractivity contribution is 9.10. The van der Waals surface area contributed by atoms with E-state index >= 15 is 0 Å². The molecule has 1 atom stereocenters. The number of aryl methyl sites for hydroxylation is 1. The normalized spacial score (nSPS) is 12.3. The monoisotopic (exact) mass is 428 g/mol. The molecule has 140 valence electrons. The lowest BCUT2D eigenvalue weighted by Gasteiger charge is -2.25. The number of carbonyl (C=O) groups is 1. The summed E-state index contributed by atoms with van der Waals surface area (Å²) in [6.45, 7) is 2.44. The fourth-order valence-corrected chi connectivity index (χ4v) is 3.24. The molecule has 1 heterocycles. The summed E-state index contributed by atoms with van der Waals surface area (Å²) in [5.74, 6) is -0.403. The van der Waals surface area contributed by atoms with E-state index in [-0.39, 0.29) is 17.2 Å². The van der Waals surface area contributed by atoms with Crippen molar-refractivity contribution in [3.05, 3.63) is 80.1 Å².